The second-order valence-corrected chi connectivity index (χ2v) is 9.44. The summed E-state index contributed by atoms with van der Waals surface area (Å²) in [5, 5.41) is 9.03. The van der Waals surface area contributed by atoms with Crippen LogP contribution >= 0.6 is 0 Å². The summed E-state index contributed by atoms with van der Waals surface area (Å²) in [6.45, 7) is 2.76. The van der Waals surface area contributed by atoms with Crippen molar-refractivity contribution in [2.45, 2.75) is 49.6 Å². The first-order chi connectivity index (χ1) is 14.3. The van der Waals surface area contributed by atoms with Gasteiger partial charge in [-0.25, -0.2) is 8.42 Å². The average molecular weight is 433 g/mol. The highest BCUT2D eigenvalue weighted by Gasteiger charge is 2.39. The molecule has 0 aromatic heterocycles. The number of benzene rings is 2. The Morgan fingerprint density at radius 1 is 1.17 bits per heavy atom. The summed E-state index contributed by atoms with van der Waals surface area (Å²) in [7, 11) is -3.70. The van der Waals surface area contributed by atoms with Crippen molar-refractivity contribution in [3.05, 3.63) is 59.7 Å². The number of aryl methyl sites for hydroxylation is 2. The number of ether oxygens (including phenoxy) is 1. The highest BCUT2D eigenvalue weighted by molar-refractivity contribution is 7.89. The minimum absolute atomic E-state index is 0.154. The number of carboxylic acid groups (broad SMARTS) is 1. The van der Waals surface area contributed by atoms with Gasteiger partial charge in [0.15, 0.2) is 0 Å². The molecule has 7 nitrogen and oxygen atoms in total. The number of carbonyl (C=O) groups is 1. The molecule has 0 radical (unpaired) electrons. The molecule has 8 heteroatoms. The van der Waals surface area contributed by atoms with Crippen LogP contribution in [0.3, 0.4) is 0 Å². The lowest BCUT2D eigenvalue weighted by Gasteiger charge is -2.24. The fourth-order valence-electron chi connectivity index (χ4n) is 3.67. The molecule has 1 saturated heterocycles. The third-order valence-corrected chi connectivity index (χ3v) is 7.30. The minimum atomic E-state index is -3.70. The maximum Gasteiger partial charge on any atom is 0.322 e. The molecule has 2 aromatic carbocycles. The maximum atomic E-state index is 12.3. The monoisotopic (exact) mass is 432 g/mol. The summed E-state index contributed by atoms with van der Waals surface area (Å²) in [6.07, 6.45) is 3.33. The first-order valence-electron chi connectivity index (χ1n) is 10.1. The summed E-state index contributed by atoms with van der Waals surface area (Å²) < 4.78 is 31.4. The van der Waals surface area contributed by atoms with Gasteiger partial charge in [0.25, 0.3) is 0 Å². The van der Waals surface area contributed by atoms with Crippen LogP contribution in [-0.4, -0.2) is 49.0 Å². The summed E-state index contributed by atoms with van der Waals surface area (Å²) >= 11 is 0. The Morgan fingerprint density at radius 2 is 1.87 bits per heavy atom. The number of hydrogen-bond donors (Lipinski definition) is 2. The number of para-hydroxylation sites is 1. The van der Waals surface area contributed by atoms with E-state index in [1.165, 1.54) is 17.7 Å². The van der Waals surface area contributed by atoms with E-state index in [-0.39, 0.29) is 17.5 Å². The van der Waals surface area contributed by atoms with E-state index in [1.54, 1.807) is 12.1 Å². The number of sulfonamides is 1. The second-order valence-electron chi connectivity index (χ2n) is 7.55. The molecule has 2 aromatic rings. The van der Waals surface area contributed by atoms with Crippen LogP contribution in [0.2, 0.25) is 0 Å². The molecule has 4 rings (SSSR count). The fraction of sp³-hybridized carbons (Fsp3) is 0.409. The Labute approximate surface area is 177 Å². The fourth-order valence-corrected chi connectivity index (χ4v) is 5.32. The van der Waals surface area contributed by atoms with Crippen molar-refractivity contribution in [3.63, 3.8) is 0 Å². The number of aliphatic carboxylic acids is 1. The van der Waals surface area contributed by atoms with E-state index >= 15 is 0 Å². The van der Waals surface area contributed by atoms with Gasteiger partial charge in [-0.3, -0.25) is 4.79 Å². The van der Waals surface area contributed by atoms with Gasteiger partial charge in [0, 0.05) is 13.1 Å². The molecule has 2 aliphatic heterocycles. The van der Waals surface area contributed by atoms with E-state index in [2.05, 4.69) is 6.07 Å². The van der Waals surface area contributed by atoms with Gasteiger partial charge >= 0.3 is 5.97 Å². The van der Waals surface area contributed by atoms with Gasteiger partial charge in [-0.2, -0.15) is 4.31 Å². The van der Waals surface area contributed by atoms with Crippen LogP contribution in [0.5, 0.6) is 5.75 Å². The molecule has 2 aliphatic rings. The Bertz CT molecular complexity index is 975. The van der Waals surface area contributed by atoms with Crippen molar-refractivity contribution in [2.24, 2.45) is 5.73 Å². The molecule has 30 heavy (non-hydrogen) atoms. The van der Waals surface area contributed by atoms with E-state index in [1.807, 2.05) is 25.1 Å². The minimum Gasteiger partial charge on any atom is -0.489 e. The third kappa shape index (κ3) is 5.00. The number of nitrogens with zero attached hydrogens (tertiary/aromatic N) is 1. The third-order valence-electron chi connectivity index (χ3n) is 5.38. The average Bonchev–Trinajstić information content (AvgIpc) is 3.25. The van der Waals surface area contributed by atoms with Crippen LogP contribution in [0.1, 0.15) is 30.4 Å². The van der Waals surface area contributed by atoms with Gasteiger partial charge in [-0.1, -0.05) is 35.9 Å². The van der Waals surface area contributed by atoms with Gasteiger partial charge in [-0.15, -0.1) is 0 Å². The quantitative estimate of drug-likeness (QED) is 0.768. The van der Waals surface area contributed by atoms with Gasteiger partial charge in [-0.05, 0) is 56.4 Å². The van der Waals surface area contributed by atoms with Crippen molar-refractivity contribution in [3.8, 4) is 5.75 Å². The zero-order valence-electron chi connectivity index (χ0n) is 17.0. The van der Waals surface area contributed by atoms with Crippen LogP contribution in [-0.2, 0) is 21.2 Å². The van der Waals surface area contributed by atoms with Crippen molar-refractivity contribution in [1.29, 1.82) is 0 Å². The number of hydrogen-bond acceptors (Lipinski definition) is 5. The molecule has 3 N–H and O–H groups in total. The molecule has 2 atom stereocenters. The number of fused-ring (bicyclic) bond motifs is 1. The molecule has 0 amide bonds. The molecule has 0 spiro atoms. The molecule has 1 fully saturated rings. The number of carboxylic acids is 1. The molecular weight excluding hydrogens is 404 g/mol. The Morgan fingerprint density at radius 3 is 2.53 bits per heavy atom. The van der Waals surface area contributed by atoms with Gasteiger partial charge in [0.2, 0.25) is 10.0 Å². The lowest BCUT2D eigenvalue weighted by molar-refractivity contribution is -0.140. The van der Waals surface area contributed by atoms with Gasteiger partial charge < -0.3 is 15.6 Å². The summed E-state index contributed by atoms with van der Waals surface area (Å²) in [5.74, 6) is -0.0672. The number of rotatable bonds is 4. The molecule has 0 saturated carbocycles. The Kier molecular flexibility index (Phi) is 7.12. The van der Waals surface area contributed by atoms with E-state index in [0.29, 0.717) is 19.4 Å². The standard InChI is InChI=1S/C12H15NO4S.C10H13NO/c1-9-4-6-10(7-5-9)18(16,17)13-8-2-3-11(13)12(14)15;11-7-9-6-5-8-3-1-2-4-10(8)12-9/h4-7,11H,2-3,8H2,1H3,(H,14,15);1-4,9H,5-7,11H2/t11-;9-/m10/s1. The van der Waals surface area contributed by atoms with Gasteiger partial charge in [0.05, 0.1) is 4.90 Å². The van der Waals surface area contributed by atoms with Crippen molar-refractivity contribution >= 4 is 16.0 Å². The first kappa shape index (κ1) is 22.3. The topological polar surface area (TPSA) is 110 Å². The first-order valence-corrected chi connectivity index (χ1v) is 11.5. The largest absolute Gasteiger partial charge is 0.489 e. The van der Waals surface area contributed by atoms with Crippen molar-refractivity contribution in [1.82, 2.24) is 4.31 Å². The molecular formula is C22H28N2O5S. The Hall–Kier alpha value is -2.42. The second kappa shape index (κ2) is 9.59. The highest BCUT2D eigenvalue weighted by Crippen LogP contribution is 2.27. The molecule has 0 bridgehead atoms. The number of nitrogens with two attached hydrogens (primary N) is 1. The normalized spacial score (nSPS) is 21.1. The van der Waals surface area contributed by atoms with Crippen molar-refractivity contribution < 1.29 is 23.1 Å². The van der Waals surface area contributed by atoms with Crippen LogP contribution in [0.25, 0.3) is 0 Å². The lowest BCUT2D eigenvalue weighted by Crippen LogP contribution is -2.40. The molecule has 2 heterocycles. The SMILES string of the molecule is Cc1ccc(S(=O)(=O)N2CCC[C@@H]2C(=O)O)cc1.NC[C@@H]1CCc2ccccc2O1. The smallest absolute Gasteiger partial charge is 0.322 e. The zero-order valence-corrected chi connectivity index (χ0v) is 17.8. The Balaban J connectivity index is 0.000000184. The summed E-state index contributed by atoms with van der Waals surface area (Å²) in [5.41, 5.74) is 7.81. The van der Waals surface area contributed by atoms with E-state index in [0.717, 1.165) is 28.5 Å². The van der Waals surface area contributed by atoms with Crippen LogP contribution in [0.15, 0.2) is 53.4 Å². The summed E-state index contributed by atoms with van der Waals surface area (Å²) in [6, 6.07) is 13.7. The predicted molar refractivity (Wildman–Crippen MR) is 114 cm³/mol. The summed E-state index contributed by atoms with van der Waals surface area (Å²) in [4.78, 5) is 11.2. The highest BCUT2D eigenvalue weighted by atomic mass is 32.2. The van der Waals surface area contributed by atoms with Gasteiger partial charge in [0.1, 0.15) is 17.9 Å². The molecule has 162 valence electrons. The van der Waals surface area contributed by atoms with Crippen LogP contribution < -0.4 is 10.5 Å². The van der Waals surface area contributed by atoms with E-state index < -0.39 is 22.0 Å². The van der Waals surface area contributed by atoms with Crippen LogP contribution in [0, 0.1) is 6.92 Å². The van der Waals surface area contributed by atoms with E-state index in [9.17, 15) is 13.2 Å². The van der Waals surface area contributed by atoms with Crippen molar-refractivity contribution in [2.75, 3.05) is 13.1 Å². The zero-order chi connectivity index (χ0) is 21.7. The van der Waals surface area contributed by atoms with E-state index in [4.69, 9.17) is 15.6 Å². The molecule has 0 aliphatic carbocycles. The maximum absolute atomic E-state index is 12.3. The molecule has 0 unspecified atom stereocenters. The van der Waals surface area contributed by atoms with Crippen LogP contribution in [0.4, 0.5) is 0 Å². The predicted octanol–water partition coefficient (Wildman–Crippen LogP) is 2.57. The lowest BCUT2D eigenvalue weighted by atomic mass is 10.0.